The van der Waals surface area contributed by atoms with Crippen LogP contribution in [-0.2, 0) is 0 Å². The minimum absolute atomic E-state index is 0.177. The number of rotatable bonds is 4. The number of hydrogen-bond acceptors (Lipinski definition) is 3. The Morgan fingerprint density at radius 3 is 2.60 bits per heavy atom. The lowest BCUT2D eigenvalue weighted by atomic mass is 10.1. The molecule has 0 atom stereocenters. The molecule has 0 aliphatic heterocycles. The first-order chi connectivity index (χ1) is 9.52. The summed E-state index contributed by atoms with van der Waals surface area (Å²) in [5, 5.41) is 0. The van der Waals surface area contributed by atoms with Crippen molar-refractivity contribution in [3.8, 4) is 17.0 Å². The van der Waals surface area contributed by atoms with Gasteiger partial charge in [0, 0.05) is 29.7 Å². The van der Waals surface area contributed by atoms with Crippen LogP contribution in [0, 0.1) is 13.8 Å². The van der Waals surface area contributed by atoms with Gasteiger partial charge in [-0.1, -0.05) is 12.7 Å². The predicted octanol–water partition coefficient (Wildman–Crippen LogP) is 1.91. The number of aromatic amines is 2. The number of pyridine rings is 2. The van der Waals surface area contributed by atoms with Gasteiger partial charge in [-0.05, 0) is 13.8 Å². The predicted molar refractivity (Wildman–Crippen MR) is 78.3 cm³/mol. The topological polar surface area (TPSA) is 75.0 Å². The summed E-state index contributed by atoms with van der Waals surface area (Å²) in [6.45, 7) is 7.41. The second kappa shape index (κ2) is 5.61. The Balaban J connectivity index is 2.52. The molecule has 20 heavy (non-hydrogen) atoms. The van der Waals surface area contributed by atoms with Crippen LogP contribution in [-0.4, -0.2) is 16.6 Å². The van der Waals surface area contributed by atoms with Gasteiger partial charge in [0.1, 0.15) is 6.61 Å². The van der Waals surface area contributed by atoms with E-state index in [9.17, 15) is 9.59 Å². The molecule has 0 aromatic carbocycles. The Kier molecular flexibility index (Phi) is 3.89. The number of hydrogen-bond donors (Lipinski definition) is 2. The monoisotopic (exact) mass is 272 g/mol. The summed E-state index contributed by atoms with van der Waals surface area (Å²) in [6.07, 6.45) is 3.08. The summed E-state index contributed by atoms with van der Waals surface area (Å²) in [5.74, 6) is 0.347. The molecule has 0 aliphatic carbocycles. The quantitative estimate of drug-likeness (QED) is 0.835. The van der Waals surface area contributed by atoms with Crippen LogP contribution < -0.4 is 15.6 Å². The first kappa shape index (κ1) is 13.9. The summed E-state index contributed by atoms with van der Waals surface area (Å²) in [7, 11) is 0. The summed E-state index contributed by atoms with van der Waals surface area (Å²) in [6, 6.07) is 2.81. The van der Waals surface area contributed by atoms with Crippen LogP contribution in [0.3, 0.4) is 0 Å². The SMILES string of the molecule is C=CCOc1cc(=O)c(-c2c(C)[nH]c(C)cc2=O)c[nH]1. The molecule has 2 heterocycles. The number of aryl methyl sites for hydroxylation is 2. The molecule has 2 aromatic rings. The maximum absolute atomic E-state index is 12.1. The second-order valence-corrected chi connectivity index (χ2v) is 4.49. The molecule has 0 fully saturated rings. The number of nitrogens with one attached hydrogen (secondary N) is 2. The molecule has 0 saturated carbocycles. The van der Waals surface area contributed by atoms with E-state index in [0.29, 0.717) is 29.3 Å². The molecule has 0 radical (unpaired) electrons. The van der Waals surface area contributed by atoms with Crippen LogP contribution in [0.2, 0.25) is 0 Å². The van der Waals surface area contributed by atoms with Crippen LogP contribution in [0.15, 0.2) is 40.6 Å². The standard InChI is InChI=1S/C15H16N2O3/c1-4-5-20-14-7-12(18)11(8-16-14)15-10(3)17-9(2)6-13(15)19/h4,6-8H,1,5H2,2-3H3,(H,16,18)(H,17,19). The molecule has 104 valence electrons. The third-order valence-electron chi connectivity index (χ3n) is 2.87. The summed E-state index contributed by atoms with van der Waals surface area (Å²) in [4.78, 5) is 30.1. The van der Waals surface area contributed by atoms with Gasteiger partial charge in [-0.2, -0.15) is 0 Å². The van der Waals surface area contributed by atoms with Crippen LogP contribution in [0.25, 0.3) is 11.1 Å². The van der Waals surface area contributed by atoms with E-state index in [-0.39, 0.29) is 10.9 Å². The average Bonchev–Trinajstić information content (AvgIpc) is 2.37. The molecule has 0 unspecified atom stereocenters. The van der Waals surface area contributed by atoms with Crippen molar-refractivity contribution in [3.63, 3.8) is 0 Å². The van der Waals surface area contributed by atoms with Gasteiger partial charge in [-0.25, -0.2) is 0 Å². The molecule has 5 nitrogen and oxygen atoms in total. The zero-order valence-electron chi connectivity index (χ0n) is 11.4. The van der Waals surface area contributed by atoms with Crippen LogP contribution in [0.5, 0.6) is 5.88 Å². The third kappa shape index (κ3) is 2.71. The highest BCUT2D eigenvalue weighted by Gasteiger charge is 2.12. The van der Waals surface area contributed by atoms with Gasteiger partial charge < -0.3 is 14.7 Å². The molecule has 0 aliphatic rings. The van der Waals surface area contributed by atoms with Gasteiger partial charge in [0.15, 0.2) is 16.7 Å². The first-order valence-corrected chi connectivity index (χ1v) is 6.20. The zero-order chi connectivity index (χ0) is 14.7. The smallest absolute Gasteiger partial charge is 0.194 e. The van der Waals surface area contributed by atoms with Crippen molar-refractivity contribution in [2.75, 3.05) is 6.61 Å². The van der Waals surface area contributed by atoms with E-state index >= 15 is 0 Å². The molecule has 2 aromatic heterocycles. The lowest BCUT2D eigenvalue weighted by molar-refractivity contribution is 0.348. The van der Waals surface area contributed by atoms with Crippen LogP contribution in [0.4, 0.5) is 0 Å². The molecular weight excluding hydrogens is 256 g/mol. The van der Waals surface area contributed by atoms with Gasteiger partial charge in [-0.3, -0.25) is 9.59 Å². The largest absolute Gasteiger partial charge is 0.475 e. The highest BCUT2D eigenvalue weighted by atomic mass is 16.5. The molecule has 2 N–H and O–H groups in total. The number of aromatic nitrogens is 2. The Hall–Kier alpha value is -2.56. The van der Waals surface area contributed by atoms with E-state index < -0.39 is 0 Å². The van der Waals surface area contributed by atoms with Crippen molar-refractivity contribution in [2.45, 2.75) is 13.8 Å². The molecular formula is C15H16N2O3. The van der Waals surface area contributed by atoms with E-state index in [4.69, 9.17) is 4.74 Å². The normalized spacial score (nSPS) is 10.3. The minimum Gasteiger partial charge on any atom is -0.475 e. The van der Waals surface area contributed by atoms with Gasteiger partial charge in [0.25, 0.3) is 0 Å². The minimum atomic E-state index is -0.264. The molecule has 2 rings (SSSR count). The van der Waals surface area contributed by atoms with E-state index in [1.807, 2.05) is 0 Å². The van der Waals surface area contributed by atoms with Crippen LogP contribution >= 0.6 is 0 Å². The van der Waals surface area contributed by atoms with Crippen molar-refractivity contribution in [2.24, 2.45) is 0 Å². The average molecular weight is 272 g/mol. The van der Waals surface area contributed by atoms with Crippen molar-refractivity contribution in [3.05, 3.63) is 62.8 Å². The van der Waals surface area contributed by atoms with E-state index in [1.165, 1.54) is 18.3 Å². The highest BCUT2D eigenvalue weighted by molar-refractivity contribution is 5.65. The Labute approximate surface area is 115 Å². The molecule has 5 heteroatoms. The summed E-state index contributed by atoms with van der Waals surface area (Å²) in [5.41, 5.74) is 1.70. The fraction of sp³-hybridized carbons (Fsp3) is 0.200. The number of H-pyrrole nitrogens is 2. The van der Waals surface area contributed by atoms with Gasteiger partial charge >= 0.3 is 0 Å². The van der Waals surface area contributed by atoms with E-state index in [2.05, 4.69) is 16.5 Å². The van der Waals surface area contributed by atoms with E-state index in [0.717, 1.165) is 5.69 Å². The fourth-order valence-electron chi connectivity index (χ4n) is 2.06. The van der Waals surface area contributed by atoms with Crippen molar-refractivity contribution < 1.29 is 4.74 Å². The Bertz CT molecular complexity index is 756. The van der Waals surface area contributed by atoms with Crippen molar-refractivity contribution in [1.29, 1.82) is 0 Å². The fourth-order valence-corrected chi connectivity index (χ4v) is 2.06. The maximum Gasteiger partial charge on any atom is 0.194 e. The maximum atomic E-state index is 12.1. The highest BCUT2D eigenvalue weighted by Crippen LogP contribution is 2.15. The number of ether oxygens (including phenoxy) is 1. The second-order valence-electron chi connectivity index (χ2n) is 4.49. The lowest BCUT2D eigenvalue weighted by Gasteiger charge is -2.07. The Morgan fingerprint density at radius 2 is 2.00 bits per heavy atom. The first-order valence-electron chi connectivity index (χ1n) is 6.20. The molecule has 0 amide bonds. The van der Waals surface area contributed by atoms with Gasteiger partial charge in [0.05, 0.1) is 11.1 Å². The van der Waals surface area contributed by atoms with Gasteiger partial charge in [0.2, 0.25) is 0 Å². The summed E-state index contributed by atoms with van der Waals surface area (Å²) < 4.78 is 5.25. The van der Waals surface area contributed by atoms with Gasteiger partial charge in [-0.15, -0.1) is 0 Å². The summed E-state index contributed by atoms with van der Waals surface area (Å²) >= 11 is 0. The van der Waals surface area contributed by atoms with E-state index in [1.54, 1.807) is 19.9 Å². The lowest BCUT2D eigenvalue weighted by Crippen LogP contribution is -2.15. The molecule has 0 bridgehead atoms. The molecule has 0 spiro atoms. The Morgan fingerprint density at radius 1 is 1.25 bits per heavy atom. The van der Waals surface area contributed by atoms with Crippen molar-refractivity contribution in [1.82, 2.24) is 9.97 Å². The molecule has 0 saturated heterocycles. The van der Waals surface area contributed by atoms with Crippen molar-refractivity contribution >= 4 is 0 Å². The third-order valence-corrected chi connectivity index (χ3v) is 2.87. The van der Waals surface area contributed by atoms with Crippen LogP contribution in [0.1, 0.15) is 11.4 Å². The zero-order valence-corrected chi connectivity index (χ0v) is 11.4.